The first kappa shape index (κ1) is 13.1. The number of rotatable bonds is 2. The van der Waals surface area contributed by atoms with Crippen LogP contribution in [0, 0.1) is 6.92 Å². The van der Waals surface area contributed by atoms with Gasteiger partial charge in [-0.25, -0.2) is 5.01 Å². The van der Waals surface area contributed by atoms with Gasteiger partial charge in [0.25, 0.3) is 0 Å². The van der Waals surface area contributed by atoms with Gasteiger partial charge in [0, 0.05) is 13.3 Å². The first-order chi connectivity index (χ1) is 9.65. The topological polar surface area (TPSA) is 32.7 Å². The van der Waals surface area contributed by atoms with E-state index in [1.54, 1.807) is 23.3 Å². The van der Waals surface area contributed by atoms with Crippen LogP contribution in [0.5, 0.6) is 0 Å². The van der Waals surface area contributed by atoms with Crippen LogP contribution in [0.2, 0.25) is 0 Å². The molecule has 3 rings (SSSR count). The molecule has 102 valence electrons. The van der Waals surface area contributed by atoms with Crippen molar-refractivity contribution in [3.05, 3.63) is 57.8 Å². The minimum absolute atomic E-state index is 0.0111. The Hall–Kier alpha value is -1.94. The molecule has 2 aromatic rings. The van der Waals surface area contributed by atoms with Gasteiger partial charge in [-0.1, -0.05) is 35.9 Å². The molecule has 1 aliphatic rings. The minimum Gasteiger partial charge on any atom is -0.273 e. The lowest BCUT2D eigenvalue weighted by Crippen LogP contribution is -2.24. The molecule has 20 heavy (non-hydrogen) atoms. The Morgan fingerprint density at radius 1 is 1.35 bits per heavy atom. The van der Waals surface area contributed by atoms with E-state index < -0.39 is 0 Å². The molecule has 0 unspecified atom stereocenters. The van der Waals surface area contributed by atoms with Crippen LogP contribution in [0.15, 0.2) is 46.9 Å². The standard InChI is InChI=1S/C16H16N2OS/c1-11-5-3-6-13(9-11)15-10-14(16-7-4-8-20-16)17-18(15)12(2)19/h3-9,15H,10H2,1-2H3/t15-/m0/s1. The Kier molecular flexibility index (Phi) is 3.40. The Bertz CT molecular complexity index is 661. The summed E-state index contributed by atoms with van der Waals surface area (Å²) in [6, 6.07) is 12.4. The van der Waals surface area contributed by atoms with Gasteiger partial charge in [0.05, 0.1) is 16.6 Å². The molecule has 0 bridgehead atoms. The maximum Gasteiger partial charge on any atom is 0.240 e. The van der Waals surface area contributed by atoms with E-state index in [9.17, 15) is 4.79 Å². The van der Waals surface area contributed by atoms with Gasteiger partial charge in [-0.15, -0.1) is 11.3 Å². The molecule has 0 fully saturated rings. The Morgan fingerprint density at radius 2 is 2.20 bits per heavy atom. The third-order valence-electron chi connectivity index (χ3n) is 3.47. The van der Waals surface area contributed by atoms with Crippen LogP contribution in [0.25, 0.3) is 0 Å². The molecule has 0 saturated heterocycles. The molecule has 0 saturated carbocycles. The van der Waals surface area contributed by atoms with E-state index in [2.05, 4.69) is 36.3 Å². The fraction of sp³-hybridized carbons (Fsp3) is 0.250. The van der Waals surface area contributed by atoms with Gasteiger partial charge in [0.15, 0.2) is 0 Å². The highest BCUT2D eigenvalue weighted by Gasteiger charge is 2.31. The highest BCUT2D eigenvalue weighted by Crippen LogP contribution is 2.33. The van der Waals surface area contributed by atoms with Crippen molar-refractivity contribution in [1.82, 2.24) is 5.01 Å². The van der Waals surface area contributed by atoms with Crippen LogP contribution >= 0.6 is 11.3 Å². The quantitative estimate of drug-likeness (QED) is 0.826. The van der Waals surface area contributed by atoms with Crippen LogP contribution < -0.4 is 0 Å². The molecule has 0 aliphatic carbocycles. The maximum absolute atomic E-state index is 11.9. The second-order valence-corrected chi connectivity index (χ2v) is 5.97. The normalized spacial score (nSPS) is 18.2. The van der Waals surface area contributed by atoms with E-state index >= 15 is 0 Å². The molecule has 0 N–H and O–H groups in total. The van der Waals surface area contributed by atoms with E-state index in [-0.39, 0.29) is 11.9 Å². The first-order valence-corrected chi connectivity index (χ1v) is 7.51. The summed E-state index contributed by atoms with van der Waals surface area (Å²) in [6.07, 6.45) is 0.781. The average Bonchev–Trinajstić information content (AvgIpc) is 3.08. The number of hydrogen-bond acceptors (Lipinski definition) is 3. The molecule has 1 atom stereocenters. The van der Waals surface area contributed by atoms with Crippen LogP contribution in [-0.2, 0) is 4.79 Å². The molecule has 3 nitrogen and oxygen atoms in total. The SMILES string of the molecule is CC(=O)N1N=C(c2cccs2)C[C@H]1c1cccc(C)c1. The number of aryl methyl sites for hydroxylation is 1. The maximum atomic E-state index is 11.9. The summed E-state index contributed by atoms with van der Waals surface area (Å²) >= 11 is 1.67. The van der Waals surface area contributed by atoms with Crippen molar-refractivity contribution in [3.63, 3.8) is 0 Å². The highest BCUT2D eigenvalue weighted by atomic mass is 32.1. The third kappa shape index (κ3) is 2.39. The molecule has 1 aliphatic heterocycles. The van der Waals surface area contributed by atoms with E-state index in [4.69, 9.17) is 0 Å². The minimum atomic E-state index is -0.0111. The number of thiophene rings is 1. The van der Waals surface area contributed by atoms with Crippen molar-refractivity contribution in [2.75, 3.05) is 0 Å². The number of nitrogens with zero attached hydrogens (tertiary/aromatic N) is 2. The van der Waals surface area contributed by atoms with Gasteiger partial charge in [0.1, 0.15) is 0 Å². The zero-order valence-electron chi connectivity index (χ0n) is 11.5. The lowest BCUT2D eigenvalue weighted by Gasteiger charge is -2.20. The summed E-state index contributed by atoms with van der Waals surface area (Å²) in [6.45, 7) is 3.64. The molecule has 1 aromatic heterocycles. The van der Waals surface area contributed by atoms with Crippen molar-refractivity contribution in [2.45, 2.75) is 26.3 Å². The molecule has 2 heterocycles. The number of amides is 1. The van der Waals surface area contributed by atoms with E-state index in [0.29, 0.717) is 0 Å². The summed E-state index contributed by atoms with van der Waals surface area (Å²) < 4.78 is 0. The molecule has 1 aromatic carbocycles. The van der Waals surface area contributed by atoms with Gasteiger partial charge >= 0.3 is 0 Å². The molecular formula is C16H16N2OS. The van der Waals surface area contributed by atoms with Crippen LogP contribution in [0.3, 0.4) is 0 Å². The number of hydrogen-bond donors (Lipinski definition) is 0. The van der Waals surface area contributed by atoms with Gasteiger partial charge in [-0.05, 0) is 23.9 Å². The van der Waals surface area contributed by atoms with Crippen LogP contribution in [0.1, 0.15) is 35.4 Å². The largest absolute Gasteiger partial charge is 0.273 e. The zero-order chi connectivity index (χ0) is 14.1. The second kappa shape index (κ2) is 5.21. The monoisotopic (exact) mass is 284 g/mol. The summed E-state index contributed by atoms with van der Waals surface area (Å²) in [5, 5.41) is 8.18. The highest BCUT2D eigenvalue weighted by molar-refractivity contribution is 7.12. The molecular weight excluding hydrogens is 268 g/mol. The van der Waals surface area contributed by atoms with E-state index in [1.807, 2.05) is 17.5 Å². The fourth-order valence-corrected chi connectivity index (χ4v) is 3.25. The molecule has 0 radical (unpaired) electrons. The predicted octanol–water partition coefficient (Wildman–Crippen LogP) is 3.75. The van der Waals surface area contributed by atoms with E-state index in [1.165, 1.54) is 5.56 Å². The Morgan fingerprint density at radius 3 is 2.85 bits per heavy atom. The first-order valence-electron chi connectivity index (χ1n) is 6.63. The summed E-state index contributed by atoms with van der Waals surface area (Å²) in [4.78, 5) is 13.0. The van der Waals surface area contributed by atoms with Crippen molar-refractivity contribution >= 4 is 23.0 Å². The van der Waals surface area contributed by atoms with Crippen LogP contribution in [-0.4, -0.2) is 16.6 Å². The molecule has 4 heteroatoms. The van der Waals surface area contributed by atoms with Gasteiger partial charge in [0.2, 0.25) is 5.91 Å². The average molecular weight is 284 g/mol. The Labute approximate surface area is 122 Å². The van der Waals surface area contributed by atoms with Crippen LogP contribution in [0.4, 0.5) is 0 Å². The number of carbonyl (C=O) groups excluding carboxylic acids is 1. The van der Waals surface area contributed by atoms with Crippen molar-refractivity contribution in [1.29, 1.82) is 0 Å². The zero-order valence-corrected chi connectivity index (χ0v) is 12.4. The smallest absolute Gasteiger partial charge is 0.240 e. The van der Waals surface area contributed by atoms with Gasteiger partial charge < -0.3 is 0 Å². The Balaban J connectivity index is 1.95. The predicted molar refractivity (Wildman–Crippen MR) is 81.9 cm³/mol. The van der Waals surface area contributed by atoms with Crippen molar-refractivity contribution in [3.8, 4) is 0 Å². The number of hydrazone groups is 1. The summed E-state index contributed by atoms with van der Waals surface area (Å²) in [7, 11) is 0. The van der Waals surface area contributed by atoms with Gasteiger partial charge in [-0.3, -0.25) is 4.79 Å². The van der Waals surface area contributed by atoms with Crippen molar-refractivity contribution in [2.24, 2.45) is 5.10 Å². The number of carbonyl (C=O) groups is 1. The number of benzene rings is 1. The second-order valence-electron chi connectivity index (χ2n) is 5.02. The third-order valence-corrected chi connectivity index (χ3v) is 4.38. The molecule has 1 amide bonds. The lowest BCUT2D eigenvalue weighted by molar-refractivity contribution is -0.130. The van der Waals surface area contributed by atoms with E-state index in [0.717, 1.165) is 22.6 Å². The summed E-state index contributed by atoms with van der Waals surface area (Å²) in [5.41, 5.74) is 3.35. The lowest BCUT2D eigenvalue weighted by atomic mass is 9.99. The van der Waals surface area contributed by atoms with Gasteiger partial charge in [-0.2, -0.15) is 5.10 Å². The van der Waals surface area contributed by atoms with Crippen molar-refractivity contribution < 1.29 is 4.79 Å². The molecule has 0 spiro atoms. The fourth-order valence-electron chi connectivity index (χ4n) is 2.53. The summed E-state index contributed by atoms with van der Waals surface area (Å²) in [5.74, 6) is -0.0111.